The molecule has 1 aromatic heterocycles. The van der Waals surface area contributed by atoms with Gasteiger partial charge in [-0.1, -0.05) is 49.6 Å². The van der Waals surface area contributed by atoms with Crippen molar-refractivity contribution >= 4 is 5.97 Å². The molecule has 4 rings (SSSR count). The number of hydrogen-bond acceptors (Lipinski definition) is 3. The van der Waals surface area contributed by atoms with Gasteiger partial charge in [0.15, 0.2) is 5.69 Å². The van der Waals surface area contributed by atoms with Gasteiger partial charge >= 0.3 is 5.97 Å². The van der Waals surface area contributed by atoms with E-state index in [1.165, 1.54) is 37.7 Å². The molecule has 1 aliphatic heterocycles. The standard InChI is InChI=1S/C20H25N3O2/c24-20(25)17-14-23-12-11-22(13-15-7-3-1-4-8-15)18(19(23)21-17)16-9-5-2-6-10-16/h2,5-6,9-10,14-15,18H,1,3-4,7-8,11-13H2,(H,24,25). The predicted molar refractivity (Wildman–Crippen MR) is 95.6 cm³/mol. The van der Waals surface area contributed by atoms with Crippen molar-refractivity contribution < 1.29 is 9.90 Å². The van der Waals surface area contributed by atoms with Crippen LogP contribution >= 0.6 is 0 Å². The molecule has 5 heteroatoms. The van der Waals surface area contributed by atoms with E-state index in [1.807, 2.05) is 22.8 Å². The average Bonchev–Trinajstić information content (AvgIpc) is 3.08. The minimum absolute atomic E-state index is 0.0463. The van der Waals surface area contributed by atoms with Crippen molar-refractivity contribution in [2.24, 2.45) is 5.92 Å². The number of aromatic nitrogens is 2. The van der Waals surface area contributed by atoms with E-state index in [0.717, 1.165) is 31.4 Å². The van der Waals surface area contributed by atoms with Crippen LogP contribution in [0.3, 0.4) is 0 Å². The number of benzene rings is 1. The quantitative estimate of drug-likeness (QED) is 0.925. The molecule has 5 nitrogen and oxygen atoms in total. The Morgan fingerprint density at radius 3 is 2.60 bits per heavy atom. The number of carboxylic acid groups (broad SMARTS) is 1. The van der Waals surface area contributed by atoms with E-state index in [0.29, 0.717) is 0 Å². The molecule has 1 atom stereocenters. The third-order valence-corrected chi connectivity index (χ3v) is 5.60. The molecule has 1 N–H and O–H groups in total. The van der Waals surface area contributed by atoms with Crippen LogP contribution in [-0.2, 0) is 6.54 Å². The molecule has 2 aromatic rings. The van der Waals surface area contributed by atoms with Crippen molar-refractivity contribution in [2.45, 2.75) is 44.7 Å². The molecular formula is C20H25N3O2. The van der Waals surface area contributed by atoms with Gasteiger partial charge in [-0.3, -0.25) is 4.90 Å². The number of rotatable bonds is 4. The van der Waals surface area contributed by atoms with Gasteiger partial charge in [-0.15, -0.1) is 0 Å². The molecule has 132 valence electrons. The highest BCUT2D eigenvalue weighted by molar-refractivity contribution is 5.85. The topological polar surface area (TPSA) is 58.4 Å². The van der Waals surface area contributed by atoms with Gasteiger partial charge in [0.1, 0.15) is 5.82 Å². The van der Waals surface area contributed by atoms with E-state index in [9.17, 15) is 9.90 Å². The lowest BCUT2D eigenvalue weighted by Crippen LogP contribution is -2.41. The number of carboxylic acids is 1. The van der Waals surface area contributed by atoms with Crippen LogP contribution in [0, 0.1) is 5.92 Å². The average molecular weight is 339 g/mol. The summed E-state index contributed by atoms with van der Waals surface area (Å²) in [6, 6.07) is 10.4. The van der Waals surface area contributed by atoms with Crippen molar-refractivity contribution in [3.05, 3.63) is 53.6 Å². The van der Waals surface area contributed by atoms with E-state index >= 15 is 0 Å². The van der Waals surface area contributed by atoms with Gasteiger partial charge in [0.05, 0.1) is 6.04 Å². The molecule has 2 heterocycles. The van der Waals surface area contributed by atoms with Crippen molar-refractivity contribution in [1.82, 2.24) is 14.5 Å². The normalized spacial score (nSPS) is 21.8. The molecule has 25 heavy (non-hydrogen) atoms. The lowest BCUT2D eigenvalue weighted by molar-refractivity contribution is 0.0690. The number of hydrogen-bond donors (Lipinski definition) is 1. The lowest BCUT2D eigenvalue weighted by Gasteiger charge is -2.39. The maximum Gasteiger partial charge on any atom is 0.356 e. The zero-order valence-electron chi connectivity index (χ0n) is 14.5. The zero-order chi connectivity index (χ0) is 17.2. The molecule has 1 saturated carbocycles. The number of carbonyl (C=O) groups is 1. The Hall–Kier alpha value is -2.14. The van der Waals surface area contributed by atoms with Crippen LogP contribution < -0.4 is 0 Å². The molecule has 1 fully saturated rings. The first-order valence-corrected chi connectivity index (χ1v) is 9.32. The highest BCUT2D eigenvalue weighted by Gasteiger charge is 2.33. The summed E-state index contributed by atoms with van der Waals surface area (Å²) in [6.45, 7) is 2.83. The molecule has 1 unspecified atom stereocenters. The largest absolute Gasteiger partial charge is 0.476 e. The van der Waals surface area contributed by atoms with Crippen LogP contribution in [0.15, 0.2) is 36.5 Å². The molecule has 0 radical (unpaired) electrons. The van der Waals surface area contributed by atoms with Crippen LogP contribution in [-0.4, -0.2) is 38.6 Å². The molecule has 0 spiro atoms. The molecule has 1 aliphatic carbocycles. The molecule has 0 saturated heterocycles. The number of fused-ring (bicyclic) bond motifs is 1. The monoisotopic (exact) mass is 339 g/mol. The van der Waals surface area contributed by atoms with E-state index in [4.69, 9.17) is 0 Å². The van der Waals surface area contributed by atoms with Crippen molar-refractivity contribution in [3.8, 4) is 0 Å². The Morgan fingerprint density at radius 2 is 1.88 bits per heavy atom. The van der Waals surface area contributed by atoms with Gasteiger partial charge in [-0.25, -0.2) is 9.78 Å². The van der Waals surface area contributed by atoms with Gasteiger partial charge in [-0.2, -0.15) is 0 Å². The first kappa shape index (κ1) is 16.3. The Bertz CT molecular complexity index is 735. The van der Waals surface area contributed by atoms with E-state index in [1.54, 1.807) is 6.20 Å². The van der Waals surface area contributed by atoms with Crippen LogP contribution in [0.2, 0.25) is 0 Å². The highest BCUT2D eigenvalue weighted by Crippen LogP contribution is 2.34. The minimum atomic E-state index is -0.951. The fraction of sp³-hybridized carbons (Fsp3) is 0.500. The summed E-state index contributed by atoms with van der Waals surface area (Å²) in [7, 11) is 0. The first-order chi connectivity index (χ1) is 12.2. The van der Waals surface area contributed by atoms with Gasteiger partial charge in [-0.05, 0) is 24.3 Å². The number of nitrogens with zero attached hydrogens (tertiary/aromatic N) is 3. The SMILES string of the molecule is O=C(O)c1cn2c(n1)C(c1ccccc1)N(CC1CCCCC1)CC2. The van der Waals surface area contributed by atoms with Crippen LogP contribution in [0.4, 0.5) is 0 Å². The Kier molecular flexibility index (Phi) is 4.57. The smallest absolute Gasteiger partial charge is 0.356 e. The van der Waals surface area contributed by atoms with Crippen molar-refractivity contribution in [2.75, 3.05) is 13.1 Å². The molecule has 2 aliphatic rings. The fourth-order valence-electron chi connectivity index (χ4n) is 4.35. The maximum atomic E-state index is 11.4. The second-order valence-electron chi connectivity index (χ2n) is 7.30. The minimum Gasteiger partial charge on any atom is -0.476 e. The fourth-order valence-corrected chi connectivity index (χ4v) is 4.35. The molecular weight excluding hydrogens is 314 g/mol. The third-order valence-electron chi connectivity index (χ3n) is 5.60. The molecule has 0 bridgehead atoms. The van der Waals surface area contributed by atoms with Crippen molar-refractivity contribution in [3.63, 3.8) is 0 Å². The predicted octanol–water partition coefficient (Wildman–Crippen LogP) is 3.57. The zero-order valence-corrected chi connectivity index (χ0v) is 14.5. The summed E-state index contributed by atoms with van der Waals surface area (Å²) < 4.78 is 2.03. The molecule has 1 aromatic carbocycles. The van der Waals surface area contributed by atoms with Gasteiger partial charge in [0, 0.05) is 25.8 Å². The van der Waals surface area contributed by atoms with Crippen LogP contribution in [0.1, 0.15) is 60.0 Å². The van der Waals surface area contributed by atoms with Gasteiger partial charge < -0.3 is 9.67 Å². The summed E-state index contributed by atoms with van der Waals surface area (Å²) in [5, 5.41) is 9.33. The van der Waals surface area contributed by atoms with E-state index in [2.05, 4.69) is 22.0 Å². The van der Waals surface area contributed by atoms with Gasteiger partial charge in [0.25, 0.3) is 0 Å². The number of aromatic carboxylic acids is 1. The summed E-state index contributed by atoms with van der Waals surface area (Å²) in [5.74, 6) is 0.665. The summed E-state index contributed by atoms with van der Waals surface area (Å²) in [5.41, 5.74) is 1.34. The summed E-state index contributed by atoms with van der Waals surface area (Å²) in [6.07, 6.45) is 8.36. The van der Waals surface area contributed by atoms with Crippen LogP contribution in [0.25, 0.3) is 0 Å². The first-order valence-electron chi connectivity index (χ1n) is 9.32. The summed E-state index contributed by atoms with van der Waals surface area (Å²) >= 11 is 0. The highest BCUT2D eigenvalue weighted by atomic mass is 16.4. The summed E-state index contributed by atoms with van der Waals surface area (Å²) in [4.78, 5) is 18.4. The third kappa shape index (κ3) is 3.33. The molecule has 0 amide bonds. The number of imidazole rings is 1. The second kappa shape index (κ2) is 7.00. The Balaban J connectivity index is 1.67. The Morgan fingerprint density at radius 1 is 1.12 bits per heavy atom. The van der Waals surface area contributed by atoms with Crippen molar-refractivity contribution in [1.29, 1.82) is 0 Å². The van der Waals surface area contributed by atoms with E-state index in [-0.39, 0.29) is 11.7 Å². The van der Waals surface area contributed by atoms with E-state index < -0.39 is 5.97 Å². The lowest BCUT2D eigenvalue weighted by atomic mass is 9.88. The Labute approximate surface area is 148 Å². The van der Waals surface area contributed by atoms with Crippen LogP contribution in [0.5, 0.6) is 0 Å². The van der Waals surface area contributed by atoms with Gasteiger partial charge in [0.2, 0.25) is 0 Å². The maximum absolute atomic E-state index is 11.4. The second-order valence-corrected chi connectivity index (χ2v) is 7.30.